The van der Waals surface area contributed by atoms with Crippen LogP contribution in [0.25, 0.3) is 0 Å². The Kier molecular flexibility index (Phi) is 7.02. The fourth-order valence-electron chi connectivity index (χ4n) is 2.54. The third-order valence-corrected chi connectivity index (χ3v) is 4.08. The summed E-state index contributed by atoms with van der Waals surface area (Å²) in [5, 5.41) is 2.99. The summed E-state index contributed by atoms with van der Waals surface area (Å²) < 4.78 is 11.3. The van der Waals surface area contributed by atoms with Crippen LogP contribution in [0.5, 0.6) is 5.75 Å². The number of nitrogens with one attached hydrogen (secondary N) is 1. The van der Waals surface area contributed by atoms with Gasteiger partial charge in [-0.2, -0.15) is 0 Å². The Labute approximate surface area is 150 Å². The SMILES string of the molecule is CCCOCc1cc(C(=O)Nc2cccc(C)c2C)ccc1OCC. The van der Waals surface area contributed by atoms with Gasteiger partial charge in [0.05, 0.1) is 13.2 Å². The standard InChI is InChI=1S/C21H27NO3/c1-5-12-24-14-18-13-17(10-11-20(18)25-6-2)21(23)22-19-9-7-8-15(3)16(19)4/h7-11,13H,5-6,12,14H2,1-4H3,(H,22,23). The molecule has 1 amide bonds. The monoisotopic (exact) mass is 341 g/mol. The van der Waals surface area contributed by atoms with Gasteiger partial charge >= 0.3 is 0 Å². The summed E-state index contributed by atoms with van der Waals surface area (Å²) in [7, 11) is 0. The summed E-state index contributed by atoms with van der Waals surface area (Å²) in [5.74, 6) is 0.635. The predicted octanol–water partition coefficient (Wildman–Crippen LogP) is 4.88. The Hall–Kier alpha value is -2.33. The van der Waals surface area contributed by atoms with Crippen LogP contribution in [-0.2, 0) is 11.3 Å². The van der Waals surface area contributed by atoms with Crippen molar-refractivity contribution in [3.05, 3.63) is 58.7 Å². The Bertz CT molecular complexity index is 725. The number of hydrogen-bond donors (Lipinski definition) is 1. The molecule has 0 bridgehead atoms. The third kappa shape index (κ3) is 5.07. The van der Waals surface area contributed by atoms with Gasteiger partial charge in [0.1, 0.15) is 5.75 Å². The van der Waals surface area contributed by atoms with E-state index in [2.05, 4.69) is 12.2 Å². The van der Waals surface area contributed by atoms with Crippen molar-refractivity contribution in [2.75, 3.05) is 18.5 Å². The normalized spacial score (nSPS) is 10.6. The smallest absolute Gasteiger partial charge is 0.255 e. The van der Waals surface area contributed by atoms with Crippen molar-refractivity contribution in [2.45, 2.75) is 40.7 Å². The summed E-state index contributed by atoms with van der Waals surface area (Å²) in [4.78, 5) is 12.6. The molecule has 0 saturated carbocycles. The van der Waals surface area contributed by atoms with E-state index in [1.807, 2.05) is 51.1 Å². The molecule has 0 unspecified atom stereocenters. The fourth-order valence-corrected chi connectivity index (χ4v) is 2.54. The first kappa shape index (κ1) is 19.0. The van der Waals surface area contributed by atoms with E-state index in [-0.39, 0.29) is 5.91 Å². The van der Waals surface area contributed by atoms with Crippen molar-refractivity contribution in [1.82, 2.24) is 0 Å². The molecule has 2 rings (SSSR count). The van der Waals surface area contributed by atoms with Crippen molar-refractivity contribution in [1.29, 1.82) is 0 Å². The molecule has 25 heavy (non-hydrogen) atoms. The highest BCUT2D eigenvalue weighted by Gasteiger charge is 2.12. The lowest BCUT2D eigenvalue weighted by Gasteiger charge is -2.14. The molecule has 1 N–H and O–H groups in total. The van der Waals surface area contributed by atoms with Gasteiger partial charge in [-0.25, -0.2) is 0 Å². The van der Waals surface area contributed by atoms with E-state index in [9.17, 15) is 4.79 Å². The number of benzene rings is 2. The Morgan fingerprint density at radius 2 is 1.92 bits per heavy atom. The van der Waals surface area contributed by atoms with Gasteiger partial charge in [-0.05, 0) is 62.6 Å². The molecule has 4 nitrogen and oxygen atoms in total. The van der Waals surface area contributed by atoms with Gasteiger partial charge in [0.15, 0.2) is 0 Å². The number of anilines is 1. The topological polar surface area (TPSA) is 47.6 Å². The van der Waals surface area contributed by atoms with Gasteiger partial charge in [-0.1, -0.05) is 19.1 Å². The zero-order chi connectivity index (χ0) is 18.2. The summed E-state index contributed by atoms with van der Waals surface area (Å²) in [6.45, 7) is 9.75. The van der Waals surface area contributed by atoms with Crippen LogP contribution < -0.4 is 10.1 Å². The maximum Gasteiger partial charge on any atom is 0.255 e. The lowest BCUT2D eigenvalue weighted by molar-refractivity contribution is 0.102. The zero-order valence-electron chi connectivity index (χ0n) is 15.5. The number of carbonyl (C=O) groups excluding carboxylic acids is 1. The molecule has 0 saturated heterocycles. The van der Waals surface area contributed by atoms with E-state index in [0.29, 0.717) is 25.4 Å². The molecule has 0 atom stereocenters. The van der Waals surface area contributed by atoms with Crippen LogP contribution in [0.3, 0.4) is 0 Å². The molecule has 2 aromatic rings. The lowest BCUT2D eigenvalue weighted by Crippen LogP contribution is -2.14. The first-order valence-corrected chi connectivity index (χ1v) is 8.77. The summed E-state index contributed by atoms with van der Waals surface area (Å²) in [5.41, 5.74) is 4.55. The van der Waals surface area contributed by atoms with E-state index in [4.69, 9.17) is 9.47 Å². The largest absolute Gasteiger partial charge is 0.494 e. The highest BCUT2D eigenvalue weighted by atomic mass is 16.5. The molecule has 0 heterocycles. The Morgan fingerprint density at radius 1 is 1.12 bits per heavy atom. The molecule has 2 aromatic carbocycles. The molecule has 0 aliphatic carbocycles. The van der Waals surface area contributed by atoms with Crippen LogP contribution in [0.1, 0.15) is 47.3 Å². The van der Waals surface area contributed by atoms with Crippen LogP contribution >= 0.6 is 0 Å². The van der Waals surface area contributed by atoms with Crippen LogP contribution in [0.2, 0.25) is 0 Å². The number of ether oxygens (including phenoxy) is 2. The van der Waals surface area contributed by atoms with E-state index in [1.54, 1.807) is 6.07 Å². The van der Waals surface area contributed by atoms with Crippen LogP contribution in [0, 0.1) is 13.8 Å². The number of carbonyl (C=O) groups is 1. The zero-order valence-corrected chi connectivity index (χ0v) is 15.5. The minimum Gasteiger partial charge on any atom is -0.494 e. The predicted molar refractivity (Wildman–Crippen MR) is 101 cm³/mol. The molecule has 0 spiro atoms. The molecule has 0 radical (unpaired) electrons. The van der Waals surface area contributed by atoms with Gasteiger partial charge in [0, 0.05) is 23.4 Å². The number of amides is 1. The van der Waals surface area contributed by atoms with Crippen molar-refractivity contribution >= 4 is 11.6 Å². The molecule has 0 aliphatic rings. The van der Waals surface area contributed by atoms with E-state index < -0.39 is 0 Å². The van der Waals surface area contributed by atoms with Crippen molar-refractivity contribution in [3.63, 3.8) is 0 Å². The molecular weight excluding hydrogens is 314 g/mol. The quantitative estimate of drug-likeness (QED) is 0.696. The fraction of sp³-hybridized carbons (Fsp3) is 0.381. The van der Waals surface area contributed by atoms with Gasteiger partial charge in [-0.3, -0.25) is 4.79 Å². The van der Waals surface area contributed by atoms with E-state index >= 15 is 0 Å². The van der Waals surface area contributed by atoms with E-state index in [0.717, 1.165) is 34.5 Å². The average Bonchev–Trinajstić information content (AvgIpc) is 2.60. The van der Waals surface area contributed by atoms with Crippen LogP contribution in [-0.4, -0.2) is 19.1 Å². The van der Waals surface area contributed by atoms with Gasteiger partial charge in [-0.15, -0.1) is 0 Å². The van der Waals surface area contributed by atoms with Crippen molar-refractivity contribution < 1.29 is 14.3 Å². The average molecular weight is 341 g/mol. The van der Waals surface area contributed by atoms with Crippen molar-refractivity contribution in [3.8, 4) is 5.75 Å². The van der Waals surface area contributed by atoms with Crippen LogP contribution in [0.4, 0.5) is 5.69 Å². The minimum atomic E-state index is -0.131. The third-order valence-electron chi connectivity index (χ3n) is 4.08. The summed E-state index contributed by atoms with van der Waals surface area (Å²) in [6.07, 6.45) is 0.955. The molecule has 4 heteroatoms. The first-order valence-electron chi connectivity index (χ1n) is 8.77. The highest BCUT2D eigenvalue weighted by molar-refractivity contribution is 6.04. The molecular formula is C21H27NO3. The Balaban J connectivity index is 2.20. The van der Waals surface area contributed by atoms with Crippen LogP contribution in [0.15, 0.2) is 36.4 Å². The van der Waals surface area contributed by atoms with Gasteiger partial charge in [0.25, 0.3) is 5.91 Å². The first-order chi connectivity index (χ1) is 12.1. The maximum atomic E-state index is 12.6. The molecule has 134 valence electrons. The highest BCUT2D eigenvalue weighted by Crippen LogP contribution is 2.23. The second kappa shape index (κ2) is 9.23. The second-order valence-corrected chi connectivity index (χ2v) is 6.01. The minimum absolute atomic E-state index is 0.131. The Morgan fingerprint density at radius 3 is 2.64 bits per heavy atom. The number of aryl methyl sites for hydroxylation is 1. The lowest BCUT2D eigenvalue weighted by atomic mass is 10.1. The van der Waals surface area contributed by atoms with Gasteiger partial charge < -0.3 is 14.8 Å². The van der Waals surface area contributed by atoms with Crippen molar-refractivity contribution in [2.24, 2.45) is 0 Å². The van der Waals surface area contributed by atoms with Gasteiger partial charge in [0.2, 0.25) is 0 Å². The van der Waals surface area contributed by atoms with E-state index in [1.165, 1.54) is 0 Å². The number of hydrogen-bond acceptors (Lipinski definition) is 3. The summed E-state index contributed by atoms with van der Waals surface area (Å²) in [6, 6.07) is 11.4. The summed E-state index contributed by atoms with van der Waals surface area (Å²) >= 11 is 0. The molecule has 0 fully saturated rings. The molecule has 0 aliphatic heterocycles. The second-order valence-electron chi connectivity index (χ2n) is 6.01. The number of rotatable bonds is 8. The molecule has 0 aromatic heterocycles. The maximum absolute atomic E-state index is 12.6.